The van der Waals surface area contributed by atoms with Crippen LogP contribution in [0.1, 0.15) is 37.0 Å². The zero-order valence-corrected chi connectivity index (χ0v) is 16.0. The van der Waals surface area contributed by atoms with E-state index in [0.29, 0.717) is 23.9 Å². The Labute approximate surface area is 159 Å². The standard InChI is InChI=1S/C22H23NO4/c1-5-10-26-17-8-6-15(7-9-17)19-11-16-12-20(24-3)21(25-4)13-18(16)22(2,14-23)27-19/h6-9,11-13H,5,10H2,1-4H3. The molecular weight excluding hydrogens is 342 g/mol. The van der Waals surface area contributed by atoms with Gasteiger partial charge in [0.2, 0.25) is 5.60 Å². The molecule has 2 aromatic rings. The van der Waals surface area contributed by atoms with Gasteiger partial charge in [-0.05, 0) is 61.4 Å². The number of ether oxygens (including phenoxy) is 4. The first-order valence-electron chi connectivity index (χ1n) is 8.86. The maximum atomic E-state index is 9.80. The molecule has 0 bridgehead atoms. The van der Waals surface area contributed by atoms with Crippen LogP contribution < -0.4 is 14.2 Å². The molecule has 1 aliphatic rings. The second-order valence-electron chi connectivity index (χ2n) is 6.42. The Morgan fingerprint density at radius 1 is 1.07 bits per heavy atom. The lowest BCUT2D eigenvalue weighted by Gasteiger charge is -2.32. The van der Waals surface area contributed by atoms with E-state index in [4.69, 9.17) is 18.9 Å². The van der Waals surface area contributed by atoms with Crippen LogP contribution in [0.4, 0.5) is 0 Å². The van der Waals surface area contributed by atoms with Gasteiger partial charge in [0.15, 0.2) is 11.5 Å². The molecule has 1 atom stereocenters. The van der Waals surface area contributed by atoms with Crippen molar-refractivity contribution in [2.75, 3.05) is 20.8 Å². The molecule has 27 heavy (non-hydrogen) atoms. The maximum absolute atomic E-state index is 9.80. The van der Waals surface area contributed by atoms with Gasteiger partial charge in [0.05, 0.1) is 20.8 Å². The molecule has 5 nitrogen and oxygen atoms in total. The number of hydrogen-bond acceptors (Lipinski definition) is 5. The van der Waals surface area contributed by atoms with Crippen LogP contribution in [0.25, 0.3) is 11.8 Å². The summed E-state index contributed by atoms with van der Waals surface area (Å²) in [5, 5.41) is 9.80. The fourth-order valence-electron chi connectivity index (χ4n) is 3.03. The van der Waals surface area contributed by atoms with Crippen molar-refractivity contribution in [2.24, 2.45) is 0 Å². The molecule has 3 rings (SSSR count). The van der Waals surface area contributed by atoms with Gasteiger partial charge in [-0.25, -0.2) is 0 Å². The zero-order chi connectivity index (χ0) is 19.4. The van der Waals surface area contributed by atoms with Crippen LogP contribution in [0.5, 0.6) is 17.2 Å². The van der Waals surface area contributed by atoms with E-state index in [1.54, 1.807) is 27.2 Å². The lowest BCUT2D eigenvalue weighted by molar-refractivity contribution is 0.111. The third kappa shape index (κ3) is 3.56. The topological polar surface area (TPSA) is 60.7 Å². The molecule has 0 spiro atoms. The van der Waals surface area contributed by atoms with Crippen molar-refractivity contribution in [1.29, 1.82) is 5.26 Å². The number of benzene rings is 2. The van der Waals surface area contributed by atoms with Crippen LogP contribution in [0.3, 0.4) is 0 Å². The Morgan fingerprint density at radius 3 is 2.33 bits per heavy atom. The summed E-state index contributed by atoms with van der Waals surface area (Å²) >= 11 is 0. The summed E-state index contributed by atoms with van der Waals surface area (Å²) in [6, 6.07) is 13.6. The number of nitrogens with zero attached hydrogens (tertiary/aromatic N) is 1. The number of rotatable bonds is 6. The van der Waals surface area contributed by atoms with Gasteiger partial charge in [-0.1, -0.05) is 6.92 Å². The molecule has 0 saturated heterocycles. The van der Waals surface area contributed by atoms with Crippen LogP contribution in [0, 0.1) is 11.3 Å². The highest BCUT2D eigenvalue weighted by molar-refractivity contribution is 5.82. The van der Waals surface area contributed by atoms with Gasteiger partial charge in [0.1, 0.15) is 17.6 Å². The Morgan fingerprint density at radius 2 is 1.74 bits per heavy atom. The highest BCUT2D eigenvalue weighted by atomic mass is 16.5. The maximum Gasteiger partial charge on any atom is 0.217 e. The highest BCUT2D eigenvalue weighted by Gasteiger charge is 2.36. The van der Waals surface area contributed by atoms with E-state index in [9.17, 15) is 5.26 Å². The molecule has 0 N–H and O–H groups in total. The van der Waals surface area contributed by atoms with Gasteiger partial charge in [-0.15, -0.1) is 0 Å². The van der Waals surface area contributed by atoms with E-state index in [0.717, 1.165) is 28.9 Å². The van der Waals surface area contributed by atoms with Gasteiger partial charge in [-0.3, -0.25) is 0 Å². The van der Waals surface area contributed by atoms with E-state index in [1.807, 2.05) is 36.4 Å². The van der Waals surface area contributed by atoms with Gasteiger partial charge in [-0.2, -0.15) is 5.26 Å². The number of fused-ring (bicyclic) bond motifs is 1. The second-order valence-corrected chi connectivity index (χ2v) is 6.42. The third-order valence-electron chi connectivity index (χ3n) is 4.50. The summed E-state index contributed by atoms with van der Waals surface area (Å²) in [5.41, 5.74) is 1.36. The molecule has 1 unspecified atom stereocenters. The van der Waals surface area contributed by atoms with Crippen molar-refractivity contribution < 1.29 is 18.9 Å². The van der Waals surface area contributed by atoms with Crippen LogP contribution in [0.15, 0.2) is 36.4 Å². The quantitative estimate of drug-likeness (QED) is 0.739. The van der Waals surface area contributed by atoms with E-state index in [2.05, 4.69) is 13.0 Å². The second kappa shape index (κ2) is 7.63. The third-order valence-corrected chi connectivity index (χ3v) is 4.50. The van der Waals surface area contributed by atoms with Crippen LogP contribution in [-0.2, 0) is 10.3 Å². The molecule has 0 amide bonds. The van der Waals surface area contributed by atoms with Gasteiger partial charge >= 0.3 is 0 Å². The fourth-order valence-corrected chi connectivity index (χ4v) is 3.03. The first-order chi connectivity index (χ1) is 13.0. The number of methoxy groups -OCH3 is 2. The Bertz CT molecular complexity index is 896. The first-order valence-corrected chi connectivity index (χ1v) is 8.86. The molecule has 0 fully saturated rings. The summed E-state index contributed by atoms with van der Waals surface area (Å²) in [6.45, 7) is 4.50. The Kier molecular flexibility index (Phi) is 5.27. The van der Waals surface area contributed by atoms with E-state index in [-0.39, 0.29) is 0 Å². The average Bonchev–Trinajstić information content (AvgIpc) is 2.71. The van der Waals surface area contributed by atoms with Crippen LogP contribution in [-0.4, -0.2) is 20.8 Å². The lowest BCUT2D eigenvalue weighted by atomic mass is 9.88. The SMILES string of the molecule is CCCOc1ccc(C2=Cc3cc(OC)c(OC)cc3C(C)(C#N)O2)cc1. The minimum Gasteiger partial charge on any atom is -0.494 e. The number of hydrogen-bond donors (Lipinski definition) is 0. The van der Waals surface area contributed by atoms with E-state index < -0.39 is 5.60 Å². The van der Waals surface area contributed by atoms with Crippen molar-refractivity contribution in [3.8, 4) is 23.3 Å². The molecule has 0 saturated carbocycles. The van der Waals surface area contributed by atoms with Gasteiger partial charge in [0, 0.05) is 11.1 Å². The predicted molar refractivity (Wildman–Crippen MR) is 104 cm³/mol. The molecule has 140 valence electrons. The summed E-state index contributed by atoms with van der Waals surface area (Å²) in [5.74, 6) is 2.61. The van der Waals surface area contributed by atoms with Gasteiger partial charge in [0.25, 0.3) is 0 Å². The first kappa shape index (κ1) is 18.7. The van der Waals surface area contributed by atoms with Crippen molar-refractivity contribution in [1.82, 2.24) is 0 Å². The van der Waals surface area contributed by atoms with Crippen molar-refractivity contribution >= 4 is 11.8 Å². The van der Waals surface area contributed by atoms with E-state index in [1.165, 1.54) is 0 Å². The van der Waals surface area contributed by atoms with E-state index >= 15 is 0 Å². The van der Waals surface area contributed by atoms with Crippen LogP contribution >= 0.6 is 0 Å². The summed E-state index contributed by atoms with van der Waals surface area (Å²) in [7, 11) is 3.16. The molecule has 0 radical (unpaired) electrons. The molecule has 1 aliphatic heterocycles. The summed E-state index contributed by atoms with van der Waals surface area (Å²) < 4.78 is 22.5. The predicted octanol–water partition coefficient (Wildman–Crippen LogP) is 4.76. The average molecular weight is 365 g/mol. The van der Waals surface area contributed by atoms with Crippen molar-refractivity contribution in [3.05, 3.63) is 53.1 Å². The van der Waals surface area contributed by atoms with Gasteiger partial charge < -0.3 is 18.9 Å². The molecule has 1 heterocycles. The monoisotopic (exact) mass is 365 g/mol. The molecule has 2 aromatic carbocycles. The normalized spacial score (nSPS) is 17.8. The Hall–Kier alpha value is -3.13. The highest BCUT2D eigenvalue weighted by Crippen LogP contribution is 2.44. The largest absolute Gasteiger partial charge is 0.494 e. The summed E-state index contributed by atoms with van der Waals surface area (Å²) in [4.78, 5) is 0. The molecule has 0 aliphatic carbocycles. The smallest absolute Gasteiger partial charge is 0.217 e. The summed E-state index contributed by atoms with van der Waals surface area (Å²) in [6.07, 6.45) is 2.87. The fraction of sp³-hybridized carbons (Fsp3) is 0.318. The molecule has 5 heteroatoms. The minimum absolute atomic E-state index is 0.565. The molecular formula is C22H23NO4. The lowest BCUT2D eigenvalue weighted by Crippen LogP contribution is -2.27. The van der Waals surface area contributed by atoms with Crippen molar-refractivity contribution in [2.45, 2.75) is 25.9 Å². The van der Waals surface area contributed by atoms with Crippen LogP contribution in [0.2, 0.25) is 0 Å². The van der Waals surface area contributed by atoms with Crippen molar-refractivity contribution in [3.63, 3.8) is 0 Å². The minimum atomic E-state index is -1.13. The number of nitriles is 1. The zero-order valence-electron chi connectivity index (χ0n) is 16.0. The molecule has 0 aromatic heterocycles. The Balaban J connectivity index is 2.04.